The summed E-state index contributed by atoms with van der Waals surface area (Å²) < 4.78 is 37.0. The zero-order valence-corrected chi connectivity index (χ0v) is 11.9. The van der Waals surface area contributed by atoms with Crippen LogP contribution in [-0.4, -0.2) is 24.6 Å². The highest BCUT2D eigenvalue weighted by Gasteiger charge is 2.13. The number of nitrogens with two attached hydrogens (primary N) is 1. The van der Waals surface area contributed by atoms with Gasteiger partial charge in [-0.15, -0.1) is 0 Å². The third-order valence-corrected chi connectivity index (χ3v) is 4.24. The van der Waals surface area contributed by atoms with Crippen LogP contribution in [0.4, 0.5) is 10.1 Å². The van der Waals surface area contributed by atoms with Crippen LogP contribution in [0, 0.1) is 5.82 Å². The number of benzene rings is 2. The van der Waals surface area contributed by atoms with Crippen molar-refractivity contribution in [2.24, 2.45) is 0 Å². The number of halogens is 1. The minimum absolute atomic E-state index is 0.183. The fourth-order valence-corrected chi connectivity index (χ4v) is 2.72. The number of nitrogens with zero attached hydrogens (tertiary/aromatic N) is 1. The van der Waals surface area contributed by atoms with E-state index in [0.717, 1.165) is 6.26 Å². The van der Waals surface area contributed by atoms with Crippen molar-refractivity contribution in [2.45, 2.75) is 4.90 Å². The Labute approximate surface area is 120 Å². The molecule has 21 heavy (non-hydrogen) atoms. The predicted octanol–water partition coefficient (Wildman–Crippen LogP) is 2.35. The van der Waals surface area contributed by atoms with Gasteiger partial charge in [-0.3, -0.25) is 0 Å². The highest BCUT2D eigenvalue weighted by atomic mass is 32.2. The lowest BCUT2D eigenvalue weighted by Gasteiger charge is -2.00. The van der Waals surface area contributed by atoms with Gasteiger partial charge in [-0.05, 0) is 36.4 Å². The zero-order valence-electron chi connectivity index (χ0n) is 11.1. The second-order valence-corrected chi connectivity index (χ2v) is 6.79. The Morgan fingerprint density at radius 1 is 1.19 bits per heavy atom. The van der Waals surface area contributed by atoms with Crippen LogP contribution in [-0.2, 0) is 9.84 Å². The van der Waals surface area contributed by atoms with Crippen LogP contribution in [0.1, 0.15) is 0 Å². The monoisotopic (exact) mass is 305 g/mol. The highest BCUT2D eigenvalue weighted by molar-refractivity contribution is 7.90. The van der Waals surface area contributed by atoms with Crippen LogP contribution in [0.15, 0.2) is 41.3 Å². The maximum absolute atomic E-state index is 13.9. The smallest absolute Gasteiger partial charge is 0.175 e. The molecule has 3 rings (SSSR count). The molecule has 7 heteroatoms. The molecule has 3 aromatic rings. The Hall–Kier alpha value is -2.41. The molecule has 1 heterocycles. The van der Waals surface area contributed by atoms with E-state index in [0.29, 0.717) is 22.5 Å². The lowest BCUT2D eigenvalue weighted by Crippen LogP contribution is -1.96. The number of H-pyrrole nitrogens is 1. The van der Waals surface area contributed by atoms with Gasteiger partial charge in [0.25, 0.3) is 0 Å². The van der Waals surface area contributed by atoms with Crippen LogP contribution in [0.5, 0.6) is 0 Å². The summed E-state index contributed by atoms with van der Waals surface area (Å²) in [6.45, 7) is 0. The predicted molar refractivity (Wildman–Crippen MR) is 79.0 cm³/mol. The summed E-state index contributed by atoms with van der Waals surface area (Å²) in [5, 5.41) is 0. The van der Waals surface area contributed by atoms with Gasteiger partial charge in [0.15, 0.2) is 9.84 Å². The van der Waals surface area contributed by atoms with E-state index in [9.17, 15) is 12.8 Å². The van der Waals surface area contributed by atoms with Crippen molar-refractivity contribution < 1.29 is 12.8 Å². The summed E-state index contributed by atoms with van der Waals surface area (Å²) in [5.41, 5.74) is 7.21. The molecule has 0 unspecified atom stereocenters. The van der Waals surface area contributed by atoms with Gasteiger partial charge in [0.05, 0.1) is 21.5 Å². The Bertz CT molecular complexity index is 948. The molecule has 0 bridgehead atoms. The molecular weight excluding hydrogens is 293 g/mol. The minimum Gasteiger partial charge on any atom is -0.399 e. The standard InChI is InChI=1S/C14H12FN3O2S/c1-21(19,20)9-3-5-12-13(7-9)18-14(17-12)10-4-2-8(16)6-11(10)15/h2-7H,16H2,1H3,(H,17,18). The Kier molecular flexibility index (Phi) is 2.94. The molecule has 0 spiro atoms. The van der Waals surface area contributed by atoms with E-state index in [4.69, 9.17) is 5.73 Å². The minimum atomic E-state index is -3.30. The van der Waals surface area contributed by atoms with E-state index in [1.165, 1.54) is 24.3 Å². The summed E-state index contributed by atoms with van der Waals surface area (Å²) >= 11 is 0. The van der Waals surface area contributed by atoms with Gasteiger partial charge < -0.3 is 10.7 Å². The molecule has 2 aromatic carbocycles. The van der Waals surface area contributed by atoms with Gasteiger partial charge in [0.2, 0.25) is 0 Å². The van der Waals surface area contributed by atoms with Crippen molar-refractivity contribution in [1.29, 1.82) is 0 Å². The average molecular weight is 305 g/mol. The van der Waals surface area contributed by atoms with E-state index < -0.39 is 15.7 Å². The van der Waals surface area contributed by atoms with E-state index in [-0.39, 0.29) is 10.5 Å². The first-order valence-electron chi connectivity index (χ1n) is 6.10. The highest BCUT2D eigenvalue weighted by Crippen LogP contribution is 2.25. The summed E-state index contributed by atoms with van der Waals surface area (Å²) in [6, 6.07) is 8.86. The molecule has 0 saturated carbocycles. The summed E-state index contributed by atoms with van der Waals surface area (Å²) in [6.07, 6.45) is 1.13. The fourth-order valence-electron chi connectivity index (χ4n) is 2.07. The molecule has 0 aliphatic heterocycles. The number of fused-ring (bicyclic) bond motifs is 1. The molecule has 108 valence electrons. The van der Waals surface area contributed by atoms with Crippen LogP contribution < -0.4 is 5.73 Å². The van der Waals surface area contributed by atoms with Crippen molar-refractivity contribution in [1.82, 2.24) is 9.97 Å². The Morgan fingerprint density at radius 2 is 1.95 bits per heavy atom. The van der Waals surface area contributed by atoms with Crippen molar-refractivity contribution >= 4 is 26.6 Å². The maximum Gasteiger partial charge on any atom is 0.175 e. The first-order chi connectivity index (χ1) is 9.84. The van der Waals surface area contributed by atoms with Gasteiger partial charge in [0.1, 0.15) is 11.6 Å². The number of rotatable bonds is 2. The summed E-state index contributed by atoms with van der Waals surface area (Å²) in [5.74, 6) is -0.162. The molecule has 3 N–H and O–H groups in total. The molecule has 0 amide bonds. The number of anilines is 1. The second-order valence-electron chi connectivity index (χ2n) is 4.78. The van der Waals surface area contributed by atoms with Gasteiger partial charge in [0, 0.05) is 11.9 Å². The van der Waals surface area contributed by atoms with E-state index >= 15 is 0 Å². The lowest BCUT2D eigenvalue weighted by atomic mass is 10.2. The Morgan fingerprint density at radius 3 is 2.62 bits per heavy atom. The second kappa shape index (κ2) is 4.56. The number of hydrogen-bond donors (Lipinski definition) is 2. The van der Waals surface area contributed by atoms with Crippen molar-refractivity contribution in [2.75, 3.05) is 12.0 Å². The van der Waals surface area contributed by atoms with Crippen LogP contribution in [0.2, 0.25) is 0 Å². The molecule has 0 aliphatic carbocycles. The van der Waals surface area contributed by atoms with Crippen molar-refractivity contribution in [3.05, 3.63) is 42.2 Å². The molecule has 0 aliphatic rings. The fraction of sp³-hybridized carbons (Fsp3) is 0.0714. The number of imidazole rings is 1. The number of aromatic amines is 1. The third kappa shape index (κ3) is 2.47. The summed E-state index contributed by atoms with van der Waals surface area (Å²) in [7, 11) is -3.30. The topological polar surface area (TPSA) is 88.8 Å². The first kappa shape index (κ1) is 13.6. The Balaban J connectivity index is 2.17. The molecule has 5 nitrogen and oxygen atoms in total. The van der Waals surface area contributed by atoms with E-state index in [1.807, 2.05) is 0 Å². The number of nitrogens with one attached hydrogen (secondary N) is 1. The maximum atomic E-state index is 13.9. The zero-order chi connectivity index (χ0) is 15.2. The first-order valence-corrected chi connectivity index (χ1v) is 7.99. The van der Waals surface area contributed by atoms with Gasteiger partial charge in [-0.25, -0.2) is 17.8 Å². The number of hydrogen-bond acceptors (Lipinski definition) is 4. The van der Waals surface area contributed by atoms with E-state index in [1.54, 1.807) is 12.1 Å². The third-order valence-electron chi connectivity index (χ3n) is 3.13. The molecular formula is C14H12FN3O2S. The van der Waals surface area contributed by atoms with E-state index in [2.05, 4.69) is 9.97 Å². The molecule has 0 saturated heterocycles. The van der Waals surface area contributed by atoms with Gasteiger partial charge in [-0.2, -0.15) is 0 Å². The van der Waals surface area contributed by atoms with Crippen molar-refractivity contribution in [3.8, 4) is 11.4 Å². The average Bonchev–Trinajstić information content (AvgIpc) is 2.79. The van der Waals surface area contributed by atoms with Gasteiger partial charge >= 0.3 is 0 Å². The van der Waals surface area contributed by atoms with Gasteiger partial charge in [-0.1, -0.05) is 0 Å². The van der Waals surface area contributed by atoms with Crippen LogP contribution >= 0.6 is 0 Å². The molecule has 0 radical (unpaired) electrons. The number of sulfone groups is 1. The molecule has 1 aromatic heterocycles. The largest absolute Gasteiger partial charge is 0.399 e. The van der Waals surface area contributed by atoms with Crippen LogP contribution in [0.3, 0.4) is 0 Å². The molecule has 0 fully saturated rings. The number of aromatic nitrogens is 2. The molecule has 0 atom stereocenters. The normalized spacial score (nSPS) is 11.9. The van der Waals surface area contributed by atoms with Crippen molar-refractivity contribution in [3.63, 3.8) is 0 Å². The quantitative estimate of drug-likeness (QED) is 0.711. The van der Waals surface area contributed by atoms with Crippen LogP contribution in [0.25, 0.3) is 22.4 Å². The number of nitrogen functional groups attached to an aromatic ring is 1. The summed E-state index contributed by atoms with van der Waals surface area (Å²) in [4.78, 5) is 7.38. The SMILES string of the molecule is CS(=O)(=O)c1ccc2nc(-c3ccc(N)cc3F)[nH]c2c1. The lowest BCUT2D eigenvalue weighted by molar-refractivity contribution is 0.602.